The average molecular weight is 363 g/mol. The lowest BCUT2D eigenvalue weighted by atomic mass is 9.71. The second-order valence-electron chi connectivity index (χ2n) is 8.27. The number of nitrogens with two attached hydrogens (primary N) is 1. The average Bonchev–Trinajstić information content (AvgIpc) is 2.68. The molecule has 0 amide bonds. The normalized spacial score (nSPS) is 19.3. The van der Waals surface area contributed by atoms with Crippen LogP contribution in [0.5, 0.6) is 0 Å². The molecule has 0 aliphatic carbocycles. The highest BCUT2D eigenvalue weighted by atomic mass is 19.1. The van der Waals surface area contributed by atoms with Crippen molar-refractivity contribution in [2.45, 2.75) is 84.1 Å². The van der Waals surface area contributed by atoms with Gasteiger partial charge in [0.05, 0.1) is 0 Å². The van der Waals surface area contributed by atoms with E-state index in [1.807, 2.05) is 0 Å². The Bertz CT molecular complexity index is 505. The number of benzene rings is 1. The Labute approximate surface area is 160 Å². The molecular weight excluding hydrogens is 323 g/mol. The van der Waals surface area contributed by atoms with Crippen molar-refractivity contribution in [2.24, 2.45) is 11.1 Å². The van der Waals surface area contributed by atoms with Gasteiger partial charge in [0, 0.05) is 30.7 Å². The number of hydrogen-bond acceptors (Lipinski definition) is 2. The highest BCUT2D eigenvalue weighted by Gasteiger charge is 2.33. The number of nitrogens with zero attached hydrogens (tertiary/aromatic N) is 1. The summed E-state index contributed by atoms with van der Waals surface area (Å²) in [6.07, 6.45) is 10.2. The molecule has 2 N–H and O–H groups in total. The smallest absolute Gasteiger partial charge is 0.105 e. The Balaban J connectivity index is 2.00. The number of hydrogen-bond donors (Lipinski definition) is 1. The fourth-order valence-corrected chi connectivity index (χ4v) is 4.77. The van der Waals surface area contributed by atoms with Crippen LogP contribution in [-0.4, -0.2) is 25.8 Å². The maximum Gasteiger partial charge on any atom is 0.105 e. The van der Waals surface area contributed by atoms with E-state index in [1.165, 1.54) is 56.2 Å². The zero-order chi connectivity index (χ0) is 19.0. The number of unbranched alkanes of at least 4 members (excludes halogenated alkanes) is 1. The summed E-state index contributed by atoms with van der Waals surface area (Å²) in [6.45, 7) is 8.57. The molecule has 1 fully saturated rings. The van der Waals surface area contributed by atoms with E-state index in [1.54, 1.807) is 0 Å². The van der Waals surface area contributed by atoms with Crippen molar-refractivity contribution in [1.29, 1.82) is 0 Å². The van der Waals surface area contributed by atoms with Crippen molar-refractivity contribution in [3.8, 4) is 0 Å². The van der Waals surface area contributed by atoms with Crippen molar-refractivity contribution in [1.82, 2.24) is 0 Å². The van der Waals surface area contributed by atoms with E-state index in [0.717, 1.165) is 19.5 Å². The lowest BCUT2D eigenvalue weighted by molar-refractivity contribution is 0.175. The number of alkyl halides is 1. The van der Waals surface area contributed by atoms with Crippen LogP contribution >= 0.6 is 0 Å². The summed E-state index contributed by atoms with van der Waals surface area (Å²) >= 11 is 0. The largest absolute Gasteiger partial charge is 0.371 e. The van der Waals surface area contributed by atoms with Crippen LogP contribution in [0.3, 0.4) is 0 Å². The first-order valence-electron chi connectivity index (χ1n) is 10.8. The molecule has 0 bridgehead atoms. The van der Waals surface area contributed by atoms with Crippen LogP contribution in [0.4, 0.5) is 10.1 Å². The number of halogens is 1. The molecule has 0 aromatic heterocycles. The maximum atomic E-state index is 13.0. The second-order valence-corrected chi connectivity index (χ2v) is 8.27. The summed E-state index contributed by atoms with van der Waals surface area (Å²) in [7, 11) is 0. The predicted octanol–water partition coefficient (Wildman–Crippen LogP) is 6.05. The lowest BCUT2D eigenvalue weighted by Gasteiger charge is -2.43. The van der Waals surface area contributed by atoms with E-state index >= 15 is 0 Å². The van der Waals surface area contributed by atoms with Crippen LogP contribution in [-0.2, 0) is 0 Å². The molecule has 0 radical (unpaired) electrons. The standard InChI is InChI=1S/C23H39FN2/c1-4-7-13-23(12-5-2)14-16-26(17-15-23)20-10-8-19(9-11-20)21(6-3)22(25)18-24/h8-11,21-22H,4-7,12-18,25H2,1-3H3. The van der Waals surface area contributed by atoms with Crippen molar-refractivity contribution in [3.63, 3.8) is 0 Å². The quantitative estimate of drug-likeness (QED) is 0.548. The number of rotatable bonds is 10. The Morgan fingerprint density at radius 1 is 1.04 bits per heavy atom. The molecule has 1 saturated heterocycles. The molecule has 0 spiro atoms. The van der Waals surface area contributed by atoms with Gasteiger partial charge in [-0.3, -0.25) is 0 Å². The summed E-state index contributed by atoms with van der Waals surface area (Å²) in [5, 5.41) is 0. The molecule has 2 nitrogen and oxygen atoms in total. The first-order valence-corrected chi connectivity index (χ1v) is 10.8. The first kappa shape index (κ1) is 21.2. The molecular formula is C23H39FN2. The molecule has 2 unspecified atom stereocenters. The van der Waals surface area contributed by atoms with Crippen LogP contribution in [0.2, 0.25) is 0 Å². The predicted molar refractivity (Wildman–Crippen MR) is 112 cm³/mol. The minimum absolute atomic E-state index is 0.113. The van der Waals surface area contributed by atoms with Gasteiger partial charge >= 0.3 is 0 Å². The van der Waals surface area contributed by atoms with Crippen LogP contribution in [0, 0.1) is 5.41 Å². The second kappa shape index (κ2) is 10.3. The minimum Gasteiger partial charge on any atom is -0.371 e. The molecule has 3 heteroatoms. The molecule has 2 rings (SSSR count). The Hall–Kier alpha value is -1.09. The third-order valence-corrected chi connectivity index (χ3v) is 6.49. The zero-order valence-corrected chi connectivity index (χ0v) is 17.1. The topological polar surface area (TPSA) is 29.3 Å². The number of piperidine rings is 1. The SMILES string of the molecule is CCCCC1(CCC)CCN(c2ccc(C(CC)C(N)CF)cc2)CC1. The van der Waals surface area contributed by atoms with Gasteiger partial charge in [-0.15, -0.1) is 0 Å². The summed E-state index contributed by atoms with van der Waals surface area (Å²) in [4.78, 5) is 2.53. The van der Waals surface area contributed by atoms with Crippen molar-refractivity contribution >= 4 is 5.69 Å². The van der Waals surface area contributed by atoms with Gasteiger partial charge in [0.2, 0.25) is 0 Å². The van der Waals surface area contributed by atoms with Crippen LogP contribution in [0.15, 0.2) is 24.3 Å². The summed E-state index contributed by atoms with van der Waals surface area (Å²) in [5.41, 5.74) is 9.00. The van der Waals surface area contributed by atoms with E-state index in [9.17, 15) is 4.39 Å². The van der Waals surface area contributed by atoms with Gasteiger partial charge in [-0.2, -0.15) is 0 Å². The van der Waals surface area contributed by atoms with Crippen molar-refractivity contribution in [3.05, 3.63) is 29.8 Å². The molecule has 148 valence electrons. The Kier molecular flexibility index (Phi) is 8.40. The summed E-state index contributed by atoms with van der Waals surface area (Å²) in [6, 6.07) is 8.34. The fourth-order valence-electron chi connectivity index (χ4n) is 4.77. The molecule has 1 aliphatic rings. The molecule has 26 heavy (non-hydrogen) atoms. The third-order valence-electron chi connectivity index (χ3n) is 6.49. The summed E-state index contributed by atoms with van der Waals surface area (Å²) in [5.74, 6) is 0.113. The van der Waals surface area contributed by atoms with Gasteiger partial charge in [-0.05, 0) is 55.2 Å². The van der Waals surface area contributed by atoms with E-state index in [4.69, 9.17) is 5.73 Å². The van der Waals surface area contributed by atoms with Gasteiger partial charge in [0.1, 0.15) is 6.67 Å². The molecule has 1 aliphatic heterocycles. The Morgan fingerprint density at radius 3 is 2.19 bits per heavy atom. The van der Waals surface area contributed by atoms with Crippen molar-refractivity contribution in [2.75, 3.05) is 24.7 Å². The van der Waals surface area contributed by atoms with Crippen molar-refractivity contribution < 1.29 is 4.39 Å². The highest BCUT2D eigenvalue weighted by molar-refractivity contribution is 5.48. The zero-order valence-electron chi connectivity index (χ0n) is 17.1. The minimum atomic E-state index is -0.455. The van der Waals surface area contributed by atoms with Crippen LogP contribution < -0.4 is 10.6 Å². The van der Waals surface area contributed by atoms with Crippen LogP contribution in [0.1, 0.15) is 83.6 Å². The fraction of sp³-hybridized carbons (Fsp3) is 0.739. The molecule has 1 aromatic rings. The Morgan fingerprint density at radius 2 is 1.69 bits per heavy atom. The third kappa shape index (κ3) is 5.22. The molecule has 0 saturated carbocycles. The van der Waals surface area contributed by atoms with Gasteiger partial charge in [0.25, 0.3) is 0 Å². The summed E-state index contributed by atoms with van der Waals surface area (Å²) < 4.78 is 13.0. The van der Waals surface area contributed by atoms with Crippen LogP contribution in [0.25, 0.3) is 0 Å². The monoisotopic (exact) mass is 362 g/mol. The van der Waals surface area contributed by atoms with E-state index in [0.29, 0.717) is 5.41 Å². The van der Waals surface area contributed by atoms with Gasteiger partial charge in [-0.25, -0.2) is 4.39 Å². The van der Waals surface area contributed by atoms with Gasteiger partial charge < -0.3 is 10.6 Å². The van der Waals surface area contributed by atoms with Gasteiger partial charge in [-0.1, -0.05) is 52.2 Å². The lowest BCUT2D eigenvalue weighted by Crippen LogP contribution is -2.40. The molecule has 2 atom stereocenters. The first-order chi connectivity index (χ1) is 12.6. The van der Waals surface area contributed by atoms with E-state index in [-0.39, 0.29) is 5.92 Å². The highest BCUT2D eigenvalue weighted by Crippen LogP contribution is 2.41. The van der Waals surface area contributed by atoms with Gasteiger partial charge in [0.15, 0.2) is 0 Å². The van der Waals surface area contributed by atoms with E-state index in [2.05, 4.69) is 49.9 Å². The molecule has 1 heterocycles. The van der Waals surface area contributed by atoms with E-state index < -0.39 is 12.7 Å². The molecule has 1 aromatic carbocycles. The maximum absolute atomic E-state index is 13.0. The number of anilines is 1.